The van der Waals surface area contributed by atoms with Crippen LogP contribution in [0.4, 0.5) is 15.9 Å². The zero-order valence-corrected chi connectivity index (χ0v) is 17.8. The Balaban J connectivity index is 1.71. The lowest BCUT2D eigenvalue weighted by Crippen LogP contribution is -2.49. The first-order chi connectivity index (χ1) is 13.6. The molecule has 1 aromatic carbocycles. The van der Waals surface area contributed by atoms with Gasteiger partial charge >= 0.3 is 0 Å². The Labute approximate surface area is 170 Å². The normalized spacial score (nSPS) is 14.8. The number of carbonyl (C=O) groups is 1. The molecule has 0 aliphatic carbocycles. The Kier molecular flexibility index (Phi) is 5.79. The summed E-state index contributed by atoms with van der Waals surface area (Å²) in [5.41, 5.74) is 2.29. The van der Waals surface area contributed by atoms with Crippen LogP contribution in [-0.4, -0.2) is 63.7 Å². The fraction of sp³-hybridized carbons (Fsp3) is 0.400. The average molecular weight is 421 g/mol. The minimum absolute atomic E-state index is 0.0613. The summed E-state index contributed by atoms with van der Waals surface area (Å²) in [5, 5.41) is 0. The summed E-state index contributed by atoms with van der Waals surface area (Å²) < 4.78 is 38.8. The molecule has 9 heteroatoms. The van der Waals surface area contributed by atoms with Gasteiger partial charge in [0.05, 0.1) is 17.5 Å². The molecule has 0 radical (unpaired) electrons. The van der Waals surface area contributed by atoms with Gasteiger partial charge in [0.25, 0.3) is 5.91 Å². The summed E-state index contributed by atoms with van der Waals surface area (Å²) in [4.78, 5) is 21.0. The van der Waals surface area contributed by atoms with Crippen molar-refractivity contribution in [2.75, 3.05) is 48.7 Å². The molecule has 1 aromatic heterocycles. The van der Waals surface area contributed by atoms with Crippen LogP contribution in [0.15, 0.2) is 30.5 Å². The quantitative estimate of drug-likeness (QED) is 0.758. The van der Waals surface area contributed by atoms with Crippen molar-refractivity contribution in [3.63, 3.8) is 0 Å². The van der Waals surface area contributed by atoms with Crippen LogP contribution in [0.5, 0.6) is 0 Å². The van der Waals surface area contributed by atoms with Gasteiger partial charge in [0, 0.05) is 39.4 Å². The van der Waals surface area contributed by atoms with Gasteiger partial charge in [-0.1, -0.05) is 6.07 Å². The highest BCUT2D eigenvalue weighted by Gasteiger charge is 2.26. The van der Waals surface area contributed by atoms with Crippen molar-refractivity contribution >= 4 is 27.4 Å². The maximum atomic E-state index is 14.5. The molecule has 0 atom stereocenters. The highest BCUT2D eigenvalue weighted by Crippen LogP contribution is 2.23. The Bertz CT molecular complexity index is 1030. The van der Waals surface area contributed by atoms with E-state index in [0.717, 1.165) is 33.6 Å². The van der Waals surface area contributed by atoms with Crippen LogP contribution in [0, 0.1) is 19.7 Å². The predicted octanol–water partition coefficient (Wildman–Crippen LogP) is 2.20. The molecule has 1 amide bonds. The number of aryl methyl sites for hydroxylation is 2. The molecule has 7 nitrogen and oxygen atoms in total. The monoisotopic (exact) mass is 420 g/mol. The number of anilines is 2. The number of pyridine rings is 1. The molecular formula is C20H25FN4O3S. The number of piperazine rings is 1. The molecule has 3 rings (SSSR count). The fourth-order valence-electron chi connectivity index (χ4n) is 3.40. The number of hydrogen-bond acceptors (Lipinski definition) is 5. The third kappa shape index (κ3) is 4.50. The molecule has 156 valence electrons. The van der Waals surface area contributed by atoms with Crippen LogP contribution in [0.3, 0.4) is 0 Å². The van der Waals surface area contributed by atoms with Gasteiger partial charge in [-0.3, -0.25) is 9.10 Å². The van der Waals surface area contributed by atoms with Crippen molar-refractivity contribution in [3.8, 4) is 0 Å². The van der Waals surface area contributed by atoms with Crippen molar-refractivity contribution in [2.45, 2.75) is 13.8 Å². The second kappa shape index (κ2) is 7.98. The van der Waals surface area contributed by atoms with E-state index >= 15 is 0 Å². The summed E-state index contributed by atoms with van der Waals surface area (Å²) in [6.07, 6.45) is 2.86. The topological polar surface area (TPSA) is 73.8 Å². The molecule has 0 saturated carbocycles. The third-order valence-corrected chi connectivity index (χ3v) is 6.30. The number of benzene rings is 1. The predicted molar refractivity (Wildman–Crippen MR) is 111 cm³/mol. The molecule has 29 heavy (non-hydrogen) atoms. The molecule has 1 saturated heterocycles. The Morgan fingerprint density at radius 1 is 1.14 bits per heavy atom. The van der Waals surface area contributed by atoms with Crippen LogP contribution >= 0.6 is 0 Å². The van der Waals surface area contributed by atoms with Crippen molar-refractivity contribution in [3.05, 3.63) is 53.0 Å². The van der Waals surface area contributed by atoms with Gasteiger partial charge in [-0.2, -0.15) is 0 Å². The van der Waals surface area contributed by atoms with E-state index in [1.165, 1.54) is 19.2 Å². The molecular weight excluding hydrogens is 395 g/mol. The van der Waals surface area contributed by atoms with Crippen molar-refractivity contribution in [1.29, 1.82) is 0 Å². The molecule has 1 aliphatic heterocycles. The number of nitrogens with zero attached hydrogens (tertiary/aromatic N) is 4. The van der Waals surface area contributed by atoms with Crippen molar-refractivity contribution < 1.29 is 17.6 Å². The first-order valence-corrected chi connectivity index (χ1v) is 11.1. The molecule has 2 heterocycles. The molecule has 1 fully saturated rings. The molecule has 1 aliphatic rings. The van der Waals surface area contributed by atoms with Crippen LogP contribution in [0.25, 0.3) is 0 Å². The van der Waals surface area contributed by atoms with Crippen LogP contribution < -0.4 is 9.21 Å². The number of rotatable bonds is 4. The minimum atomic E-state index is -3.51. The summed E-state index contributed by atoms with van der Waals surface area (Å²) >= 11 is 0. The first-order valence-electron chi connectivity index (χ1n) is 9.29. The summed E-state index contributed by atoms with van der Waals surface area (Å²) in [6.45, 7) is 6.14. The van der Waals surface area contributed by atoms with Crippen LogP contribution in [-0.2, 0) is 10.0 Å². The smallest absolute Gasteiger partial charge is 0.256 e. The van der Waals surface area contributed by atoms with E-state index in [2.05, 4.69) is 16.0 Å². The third-order valence-electron chi connectivity index (χ3n) is 5.10. The Morgan fingerprint density at radius 2 is 1.79 bits per heavy atom. The number of amides is 1. The summed E-state index contributed by atoms with van der Waals surface area (Å²) in [6, 6.07) is 5.92. The summed E-state index contributed by atoms with van der Waals surface area (Å²) in [5.74, 6) is -0.229. The highest BCUT2D eigenvalue weighted by molar-refractivity contribution is 7.92. The lowest BCUT2D eigenvalue weighted by molar-refractivity contribution is 0.0742. The zero-order chi connectivity index (χ0) is 21.3. The van der Waals surface area contributed by atoms with Gasteiger partial charge < -0.3 is 9.80 Å². The van der Waals surface area contributed by atoms with Crippen molar-refractivity contribution in [1.82, 2.24) is 9.88 Å². The molecule has 2 aromatic rings. The van der Waals surface area contributed by atoms with E-state index in [0.29, 0.717) is 26.2 Å². The average Bonchev–Trinajstić information content (AvgIpc) is 2.66. The van der Waals surface area contributed by atoms with E-state index in [9.17, 15) is 17.6 Å². The Hall–Kier alpha value is -2.68. The number of hydrogen-bond donors (Lipinski definition) is 0. The molecule has 0 N–H and O–H groups in total. The SMILES string of the molecule is Cc1cnc(N2CCN(C(=O)c3ccc(N(C)S(C)(=O)=O)cc3F)CC2)c(C)c1. The van der Waals surface area contributed by atoms with Crippen LogP contribution in [0.1, 0.15) is 21.5 Å². The lowest BCUT2D eigenvalue weighted by atomic mass is 10.1. The maximum absolute atomic E-state index is 14.5. The van der Waals surface area contributed by atoms with Gasteiger partial charge in [0.1, 0.15) is 11.6 Å². The van der Waals surface area contributed by atoms with E-state index in [1.54, 1.807) is 4.90 Å². The largest absolute Gasteiger partial charge is 0.353 e. The van der Waals surface area contributed by atoms with Crippen LogP contribution in [0.2, 0.25) is 0 Å². The number of aromatic nitrogens is 1. The van der Waals surface area contributed by atoms with E-state index in [4.69, 9.17) is 0 Å². The first kappa shape index (κ1) is 21.0. The fourth-order valence-corrected chi connectivity index (χ4v) is 3.89. The zero-order valence-electron chi connectivity index (χ0n) is 17.0. The van der Waals surface area contributed by atoms with Gasteiger partial charge in [0.15, 0.2) is 0 Å². The summed E-state index contributed by atoms with van der Waals surface area (Å²) in [7, 11) is -2.17. The van der Waals surface area contributed by atoms with E-state index < -0.39 is 21.7 Å². The minimum Gasteiger partial charge on any atom is -0.353 e. The second-order valence-corrected chi connectivity index (χ2v) is 9.34. The van der Waals surface area contributed by atoms with Gasteiger partial charge in [0.2, 0.25) is 10.0 Å². The standard InChI is InChI=1S/C20H25FN4O3S/c1-14-11-15(2)19(22-13-14)24-7-9-25(10-8-24)20(26)17-6-5-16(12-18(17)21)23(3)29(4,27)28/h5-6,11-13H,7-10H2,1-4H3. The number of carbonyl (C=O) groups excluding carboxylic acids is 1. The second-order valence-electron chi connectivity index (χ2n) is 7.33. The molecule has 0 spiro atoms. The lowest BCUT2D eigenvalue weighted by Gasteiger charge is -2.36. The van der Waals surface area contributed by atoms with E-state index in [1.807, 2.05) is 20.0 Å². The van der Waals surface area contributed by atoms with Gasteiger partial charge in [-0.25, -0.2) is 17.8 Å². The number of halogens is 1. The van der Waals surface area contributed by atoms with Gasteiger partial charge in [-0.15, -0.1) is 0 Å². The molecule has 0 unspecified atom stereocenters. The Morgan fingerprint density at radius 3 is 2.34 bits per heavy atom. The number of sulfonamides is 1. The van der Waals surface area contributed by atoms with Gasteiger partial charge in [-0.05, 0) is 43.2 Å². The maximum Gasteiger partial charge on any atom is 0.256 e. The molecule has 0 bridgehead atoms. The van der Waals surface area contributed by atoms with E-state index in [-0.39, 0.29) is 11.3 Å². The highest BCUT2D eigenvalue weighted by atomic mass is 32.2. The van der Waals surface area contributed by atoms with Crippen molar-refractivity contribution in [2.24, 2.45) is 0 Å².